The molecule has 11 heteroatoms. The van der Waals surface area contributed by atoms with Gasteiger partial charge in [-0.25, -0.2) is 9.91 Å². The molecule has 3 amide bonds. The largest absolute Gasteiger partial charge is 0.271 e. The predicted molar refractivity (Wildman–Crippen MR) is 142 cm³/mol. The first-order chi connectivity index (χ1) is 18.4. The van der Waals surface area contributed by atoms with E-state index in [1.54, 1.807) is 18.2 Å². The van der Waals surface area contributed by atoms with Gasteiger partial charge in [0.05, 0.1) is 27.5 Å². The molecule has 0 spiro atoms. The van der Waals surface area contributed by atoms with E-state index in [0.717, 1.165) is 21.7 Å². The number of rotatable bonds is 5. The topological polar surface area (TPSA) is 98.0 Å². The summed E-state index contributed by atoms with van der Waals surface area (Å²) in [5.74, 6) is -1.57. The van der Waals surface area contributed by atoms with E-state index in [4.69, 9.17) is 23.2 Å². The van der Waals surface area contributed by atoms with Crippen LogP contribution in [-0.2, 0) is 14.4 Å². The number of halogens is 2. The Morgan fingerprint density at radius 2 is 1.53 bits per heavy atom. The van der Waals surface area contributed by atoms with Crippen LogP contribution >= 0.6 is 23.2 Å². The van der Waals surface area contributed by atoms with E-state index in [9.17, 15) is 14.4 Å². The molecule has 1 saturated heterocycles. The van der Waals surface area contributed by atoms with Gasteiger partial charge in [-0.1, -0.05) is 95.2 Å². The summed E-state index contributed by atoms with van der Waals surface area (Å²) in [6.07, 6.45) is 0.531. The van der Waals surface area contributed by atoms with Gasteiger partial charge in [-0.05, 0) is 23.3 Å². The molecule has 9 nitrogen and oxygen atoms in total. The van der Waals surface area contributed by atoms with Crippen molar-refractivity contribution in [3.63, 3.8) is 0 Å². The Labute approximate surface area is 227 Å². The molecule has 0 bridgehead atoms. The average Bonchev–Trinajstić information content (AvgIpc) is 3.62. The molecule has 3 aromatic rings. The molecule has 3 atom stereocenters. The molecule has 1 fully saturated rings. The first-order valence-electron chi connectivity index (χ1n) is 11.9. The smallest absolute Gasteiger partial charge is 0.264 e. The number of hydrazone groups is 1. The SMILES string of the molecule is O=C1[C@@H]2[C@@H](N=NN2CC(=O)N2N=C(c3ccccc3)C[C@H]2c2ccccc2)C(=O)N1c1c(Cl)cccc1Cl. The molecule has 0 N–H and O–H groups in total. The van der Waals surface area contributed by atoms with Crippen molar-refractivity contribution in [2.75, 3.05) is 11.4 Å². The second kappa shape index (κ2) is 9.66. The van der Waals surface area contributed by atoms with E-state index in [1.165, 1.54) is 10.0 Å². The fourth-order valence-corrected chi connectivity index (χ4v) is 5.53. The third kappa shape index (κ3) is 4.04. The summed E-state index contributed by atoms with van der Waals surface area (Å²) in [7, 11) is 0. The number of anilines is 1. The Morgan fingerprint density at radius 3 is 2.21 bits per heavy atom. The van der Waals surface area contributed by atoms with E-state index in [1.807, 2.05) is 60.7 Å². The zero-order valence-electron chi connectivity index (χ0n) is 19.8. The van der Waals surface area contributed by atoms with E-state index >= 15 is 0 Å². The van der Waals surface area contributed by atoms with Crippen LogP contribution < -0.4 is 4.90 Å². The van der Waals surface area contributed by atoms with Gasteiger partial charge in [-0.2, -0.15) is 10.2 Å². The van der Waals surface area contributed by atoms with E-state index in [-0.39, 0.29) is 34.2 Å². The Balaban J connectivity index is 1.27. The van der Waals surface area contributed by atoms with Crippen molar-refractivity contribution in [2.24, 2.45) is 15.4 Å². The van der Waals surface area contributed by atoms with Crippen molar-refractivity contribution >= 4 is 52.3 Å². The lowest BCUT2D eigenvalue weighted by Crippen LogP contribution is -2.44. The fourth-order valence-electron chi connectivity index (χ4n) is 4.97. The van der Waals surface area contributed by atoms with E-state index in [2.05, 4.69) is 15.4 Å². The number of hydrogen-bond acceptors (Lipinski definition) is 7. The van der Waals surface area contributed by atoms with Crippen molar-refractivity contribution in [3.8, 4) is 0 Å². The van der Waals surface area contributed by atoms with Crippen LogP contribution in [0.15, 0.2) is 94.3 Å². The van der Waals surface area contributed by atoms with Crippen molar-refractivity contribution in [1.29, 1.82) is 0 Å². The Hall–Kier alpha value is -4.08. The normalized spacial score (nSPS) is 22.3. The van der Waals surface area contributed by atoms with Gasteiger partial charge in [-0.15, -0.1) is 0 Å². The molecule has 3 aliphatic heterocycles. The standard InChI is InChI=1S/C27H20Cl2N6O3/c28-18-12-7-13-19(29)24(18)34-26(37)23-25(27(34)38)33(32-30-23)15-22(36)35-21(17-10-5-2-6-11-17)14-20(31-35)16-8-3-1-4-9-16/h1-13,21,23,25H,14-15H2/t21-,23+,25-/m0/s1. The maximum absolute atomic E-state index is 13.6. The highest BCUT2D eigenvalue weighted by molar-refractivity contribution is 6.42. The van der Waals surface area contributed by atoms with Gasteiger partial charge in [0.1, 0.15) is 6.54 Å². The maximum Gasteiger partial charge on any atom is 0.264 e. The quantitative estimate of drug-likeness (QED) is 0.434. The van der Waals surface area contributed by atoms with Gasteiger partial charge in [0.25, 0.3) is 17.7 Å². The van der Waals surface area contributed by atoms with Gasteiger partial charge < -0.3 is 0 Å². The summed E-state index contributed by atoms with van der Waals surface area (Å²) in [6, 6.07) is 21.5. The Kier molecular flexibility index (Phi) is 6.17. The Morgan fingerprint density at radius 1 is 0.868 bits per heavy atom. The van der Waals surface area contributed by atoms with Crippen molar-refractivity contribution < 1.29 is 14.4 Å². The number of amides is 3. The van der Waals surface area contributed by atoms with Crippen molar-refractivity contribution in [1.82, 2.24) is 10.0 Å². The van der Waals surface area contributed by atoms with Crippen molar-refractivity contribution in [2.45, 2.75) is 24.5 Å². The number of imide groups is 1. The van der Waals surface area contributed by atoms with E-state index in [0.29, 0.717) is 6.42 Å². The molecule has 190 valence electrons. The molecule has 3 aromatic carbocycles. The van der Waals surface area contributed by atoms with Crippen LogP contribution in [0.1, 0.15) is 23.6 Å². The molecule has 0 unspecified atom stereocenters. The number of hydrogen-bond donors (Lipinski definition) is 0. The lowest BCUT2D eigenvalue weighted by atomic mass is 9.98. The van der Waals surface area contributed by atoms with E-state index < -0.39 is 23.9 Å². The number of carbonyl (C=O) groups is 3. The van der Waals surface area contributed by atoms with Crippen LogP contribution in [-0.4, -0.2) is 52.1 Å². The Bertz CT molecular complexity index is 1480. The molecule has 0 radical (unpaired) electrons. The number of carbonyl (C=O) groups excluding carboxylic acids is 3. The minimum absolute atomic E-state index is 0.0995. The second-order valence-electron chi connectivity index (χ2n) is 9.06. The van der Waals surface area contributed by atoms with Crippen LogP contribution in [0.25, 0.3) is 0 Å². The molecule has 3 aliphatic rings. The minimum atomic E-state index is -1.09. The van der Waals surface area contributed by atoms with Gasteiger partial charge in [-0.3, -0.25) is 19.4 Å². The highest BCUT2D eigenvalue weighted by Gasteiger charge is 2.56. The number of para-hydroxylation sites is 1. The summed E-state index contributed by atoms with van der Waals surface area (Å²) >= 11 is 12.5. The third-order valence-corrected chi connectivity index (χ3v) is 7.38. The lowest BCUT2D eigenvalue weighted by molar-refractivity contribution is -0.135. The maximum atomic E-state index is 13.6. The third-order valence-electron chi connectivity index (χ3n) is 6.77. The zero-order valence-corrected chi connectivity index (χ0v) is 21.3. The first-order valence-corrected chi connectivity index (χ1v) is 12.7. The summed E-state index contributed by atoms with van der Waals surface area (Å²) in [5.41, 5.74) is 2.74. The van der Waals surface area contributed by atoms with Crippen molar-refractivity contribution in [3.05, 3.63) is 100 Å². The molecule has 38 heavy (non-hydrogen) atoms. The summed E-state index contributed by atoms with van der Waals surface area (Å²) < 4.78 is 0. The molecule has 0 saturated carbocycles. The number of benzene rings is 3. The molecule has 3 heterocycles. The first kappa shape index (κ1) is 24.3. The highest BCUT2D eigenvalue weighted by atomic mass is 35.5. The van der Waals surface area contributed by atoms with Crippen LogP contribution in [0.4, 0.5) is 5.69 Å². The van der Waals surface area contributed by atoms with Crippen LogP contribution in [0, 0.1) is 0 Å². The zero-order chi connectivity index (χ0) is 26.4. The van der Waals surface area contributed by atoms with Crippen LogP contribution in [0.3, 0.4) is 0 Å². The average molecular weight is 547 g/mol. The van der Waals surface area contributed by atoms with Gasteiger partial charge in [0.15, 0.2) is 12.1 Å². The van der Waals surface area contributed by atoms with Gasteiger partial charge in [0.2, 0.25) is 0 Å². The number of nitrogens with zero attached hydrogens (tertiary/aromatic N) is 6. The molecule has 6 rings (SSSR count). The summed E-state index contributed by atoms with van der Waals surface area (Å²) in [4.78, 5) is 41.1. The fraction of sp³-hybridized carbons (Fsp3) is 0.185. The summed E-state index contributed by atoms with van der Waals surface area (Å²) in [6.45, 7) is -0.289. The predicted octanol–water partition coefficient (Wildman–Crippen LogP) is 4.66. The molecular weight excluding hydrogens is 527 g/mol. The number of fused-ring (bicyclic) bond motifs is 1. The lowest BCUT2D eigenvalue weighted by Gasteiger charge is -2.25. The van der Waals surface area contributed by atoms with Gasteiger partial charge >= 0.3 is 0 Å². The molecule has 0 aliphatic carbocycles. The molecular formula is C27H20Cl2N6O3. The van der Waals surface area contributed by atoms with Crippen LogP contribution in [0.2, 0.25) is 10.0 Å². The highest BCUT2D eigenvalue weighted by Crippen LogP contribution is 2.40. The van der Waals surface area contributed by atoms with Gasteiger partial charge in [0, 0.05) is 6.42 Å². The summed E-state index contributed by atoms with van der Waals surface area (Å²) in [5, 5.41) is 15.7. The van der Waals surface area contributed by atoms with Crippen LogP contribution in [0.5, 0.6) is 0 Å². The minimum Gasteiger partial charge on any atom is -0.271 e. The molecule has 0 aromatic heterocycles. The second-order valence-corrected chi connectivity index (χ2v) is 9.87. The monoisotopic (exact) mass is 546 g/mol.